The summed E-state index contributed by atoms with van der Waals surface area (Å²) in [4.78, 5) is 10.6. The van der Waals surface area contributed by atoms with Gasteiger partial charge in [0.1, 0.15) is 0 Å². The number of furan rings is 1. The molecule has 0 saturated carbocycles. The number of carbonyl (C=O) groups is 1. The van der Waals surface area contributed by atoms with Gasteiger partial charge in [0.15, 0.2) is 12.0 Å². The Kier molecular flexibility index (Phi) is 3.65. The summed E-state index contributed by atoms with van der Waals surface area (Å²) in [5.74, 6) is 0.0201. The number of benzene rings is 1. The number of carbonyl (C=O) groups excluding carboxylic acids is 1. The average Bonchev–Trinajstić information content (AvgIpc) is 2.87. The summed E-state index contributed by atoms with van der Waals surface area (Å²) in [6, 6.07) is 10.7. The van der Waals surface area contributed by atoms with Gasteiger partial charge >= 0.3 is 0 Å². The largest absolute Gasteiger partial charge is 0.440 e. The highest BCUT2D eigenvalue weighted by Crippen LogP contribution is 2.22. The molecule has 0 aliphatic carbocycles. The Balaban J connectivity index is 1.86. The van der Waals surface area contributed by atoms with Crippen LogP contribution in [0.1, 0.15) is 21.7 Å². The maximum Gasteiger partial charge on any atom is 0.276 e. The molecule has 2 heterocycles. The van der Waals surface area contributed by atoms with Crippen molar-refractivity contribution in [3.05, 3.63) is 53.3 Å². The van der Waals surface area contributed by atoms with Crippen LogP contribution >= 0.6 is 0 Å². The van der Waals surface area contributed by atoms with Crippen LogP contribution in [0.3, 0.4) is 0 Å². The number of aldehydes is 1. The third kappa shape index (κ3) is 2.64. The Labute approximate surface area is 123 Å². The lowest BCUT2D eigenvalue weighted by molar-refractivity contribution is 0.109. The van der Waals surface area contributed by atoms with E-state index in [2.05, 4.69) is 0 Å². The Hall–Kier alpha value is -1.92. The Morgan fingerprint density at radius 2 is 1.62 bits per heavy atom. The van der Waals surface area contributed by atoms with E-state index < -0.39 is 10.0 Å². The molecule has 2 aromatic rings. The van der Waals surface area contributed by atoms with Gasteiger partial charge in [0.05, 0.1) is 0 Å². The predicted molar refractivity (Wildman–Crippen MR) is 76.7 cm³/mol. The molecule has 0 fully saturated rings. The number of hydrogen-bond donors (Lipinski definition) is 0. The van der Waals surface area contributed by atoms with Gasteiger partial charge in [-0.25, -0.2) is 8.42 Å². The van der Waals surface area contributed by atoms with Crippen LogP contribution in [0.25, 0.3) is 0 Å². The van der Waals surface area contributed by atoms with E-state index in [1.165, 1.54) is 27.6 Å². The Bertz CT molecular complexity index is 736. The molecule has 0 bridgehead atoms. The number of hydrogen-bond acceptors (Lipinski definition) is 4. The van der Waals surface area contributed by atoms with E-state index in [1.54, 1.807) is 0 Å². The number of fused-ring (bicyclic) bond motifs is 1. The van der Waals surface area contributed by atoms with Crippen molar-refractivity contribution in [3.8, 4) is 0 Å². The zero-order valence-corrected chi connectivity index (χ0v) is 12.2. The van der Waals surface area contributed by atoms with E-state index in [0.717, 1.165) is 0 Å². The Morgan fingerprint density at radius 1 is 1.00 bits per heavy atom. The molecule has 0 atom stereocenters. The van der Waals surface area contributed by atoms with E-state index in [9.17, 15) is 13.2 Å². The van der Waals surface area contributed by atoms with Crippen molar-refractivity contribution < 1.29 is 17.6 Å². The van der Waals surface area contributed by atoms with E-state index >= 15 is 0 Å². The van der Waals surface area contributed by atoms with Gasteiger partial charge in [-0.1, -0.05) is 24.3 Å². The maximum absolute atomic E-state index is 12.5. The summed E-state index contributed by atoms with van der Waals surface area (Å²) in [5.41, 5.74) is 2.37. The molecule has 21 heavy (non-hydrogen) atoms. The van der Waals surface area contributed by atoms with Gasteiger partial charge in [-0.2, -0.15) is 4.31 Å². The molecule has 6 heteroatoms. The van der Waals surface area contributed by atoms with Crippen LogP contribution < -0.4 is 0 Å². The lowest BCUT2D eigenvalue weighted by Crippen LogP contribution is -2.33. The molecule has 0 N–H and O–H groups in total. The smallest absolute Gasteiger partial charge is 0.276 e. The van der Waals surface area contributed by atoms with Gasteiger partial charge in [0.2, 0.25) is 5.09 Å². The van der Waals surface area contributed by atoms with Gasteiger partial charge in [-0.05, 0) is 36.1 Å². The summed E-state index contributed by atoms with van der Waals surface area (Å²) in [6.07, 6.45) is 1.85. The van der Waals surface area contributed by atoms with Crippen molar-refractivity contribution in [1.29, 1.82) is 0 Å². The molecular weight excluding hydrogens is 290 g/mol. The quantitative estimate of drug-likeness (QED) is 0.812. The van der Waals surface area contributed by atoms with Crippen molar-refractivity contribution in [2.24, 2.45) is 0 Å². The molecule has 3 rings (SSSR count). The molecule has 0 spiro atoms. The molecule has 0 saturated heterocycles. The van der Waals surface area contributed by atoms with E-state index in [0.29, 0.717) is 32.2 Å². The number of rotatable bonds is 3. The van der Waals surface area contributed by atoms with Gasteiger partial charge in [0, 0.05) is 13.1 Å². The van der Waals surface area contributed by atoms with Gasteiger partial charge in [-0.3, -0.25) is 4.79 Å². The lowest BCUT2D eigenvalue weighted by atomic mass is 10.0. The fourth-order valence-corrected chi connectivity index (χ4v) is 3.91. The van der Waals surface area contributed by atoms with Crippen molar-refractivity contribution in [1.82, 2.24) is 4.31 Å². The van der Waals surface area contributed by atoms with Crippen molar-refractivity contribution in [2.45, 2.75) is 17.9 Å². The lowest BCUT2D eigenvalue weighted by Gasteiger charge is -2.17. The summed E-state index contributed by atoms with van der Waals surface area (Å²) in [6.45, 7) is 0.826. The second-order valence-corrected chi connectivity index (χ2v) is 6.82. The van der Waals surface area contributed by atoms with E-state index in [4.69, 9.17) is 4.42 Å². The molecule has 1 aromatic heterocycles. The molecule has 0 unspecified atom stereocenters. The summed E-state index contributed by atoms with van der Waals surface area (Å²) in [5, 5.41) is -0.171. The van der Waals surface area contributed by atoms with Crippen LogP contribution in [0.15, 0.2) is 45.9 Å². The van der Waals surface area contributed by atoms with Crippen molar-refractivity contribution >= 4 is 16.3 Å². The third-order valence-electron chi connectivity index (χ3n) is 3.69. The van der Waals surface area contributed by atoms with E-state index in [1.807, 2.05) is 24.3 Å². The fourth-order valence-electron chi connectivity index (χ4n) is 2.55. The van der Waals surface area contributed by atoms with Crippen LogP contribution in [0.2, 0.25) is 0 Å². The molecule has 110 valence electrons. The van der Waals surface area contributed by atoms with Crippen LogP contribution in [0.5, 0.6) is 0 Å². The SMILES string of the molecule is O=Cc1ccc(S(=O)(=O)N2CCc3ccccc3CC2)o1. The van der Waals surface area contributed by atoms with Gasteiger partial charge in [0.25, 0.3) is 10.0 Å². The number of sulfonamides is 1. The summed E-state index contributed by atoms with van der Waals surface area (Å²) >= 11 is 0. The predicted octanol–water partition coefficient (Wildman–Crippen LogP) is 1.88. The summed E-state index contributed by atoms with van der Waals surface area (Å²) < 4.78 is 31.6. The topological polar surface area (TPSA) is 67.6 Å². The molecule has 1 aromatic carbocycles. The monoisotopic (exact) mass is 305 g/mol. The minimum Gasteiger partial charge on any atom is -0.440 e. The maximum atomic E-state index is 12.5. The van der Waals surface area contributed by atoms with Crippen molar-refractivity contribution in [2.75, 3.05) is 13.1 Å². The minimum absolute atomic E-state index is 0.0201. The zero-order valence-electron chi connectivity index (χ0n) is 11.4. The minimum atomic E-state index is -3.68. The van der Waals surface area contributed by atoms with Crippen LogP contribution in [-0.4, -0.2) is 32.1 Å². The van der Waals surface area contributed by atoms with Gasteiger partial charge < -0.3 is 4.42 Å². The fraction of sp³-hybridized carbons (Fsp3) is 0.267. The molecular formula is C15H15NO4S. The average molecular weight is 305 g/mol. The Morgan fingerprint density at radius 3 is 2.14 bits per heavy atom. The van der Waals surface area contributed by atoms with E-state index in [-0.39, 0.29) is 10.9 Å². The van der Waals surface area contributed by atoms with Gasteiger partial charge in [-0.15, -0.1) is 0 Å². The first-order chi connectivity index (χ1) is 10.1. The highest BCUT2D eigenvalue weighted by Gasteiger charge is 2.29. The summed E-state index contributed by atoms with van der Waals surface area (Å²) in [7, 11) is -3.68. The first-order valence-electron chi connectivity index (χ1n) is 6.73. The second kappa shape index (κ2) is 5.46. The van der Waals surface area contributed by atoms with Crippen molar-refractivity contribution in [3.63, 3.8) is 0 Å². The second-order valence-electron chi connectivity index (χ2n) is 4.95. The highest BCUT2D eigenvalue weighted by atomic mass is 32.2. The molecule has 5 nitrogen and oxygen atoms in total. The standard InChI is InChI=1S/C15H15NO4S/c17-11-14-5-6-15(20-14)21(18,19)16-9-7-12-3-1-2-4-13(12)8-10-16/h1-6,11H,7-10H2. The zero-order chi connectivity index (χ0) is 14.9. The first kappa shape index (κ1) is 14.0. The van der Waals surface area contributed by atoms with Crippen LogP contribution in [0.4, 0.5) is 0 Å². The molecule has 0 amide bonds. The molecule has 1 aliphatic heterocycles. The first-order valence-corrected chi connectivity index (χ1v) is 8.17. The normalized spacial score (nSPS) is 16.2. The number of nitrogens with zero attached hydrogens (tertiary/aromatic N) is 1. The van der Waals surface area contributed by atoms with Crippen LogP contribution in [0, 0.1) is 0 Å². The highest BCUT2D eigenvalue weighted by molar-refractivity contribution is 7.89. The molecule has 1 aliphatic rings. The van der Waals surface area contributed by atoms with Crippen LogP contribution in [-0.2, 0) is 22.9 Å². The molecule has 0 radical (unpaired) electrons. The third-order valence-corrected chi connectivity index (χ3v) is 5.46.